The maximum Gasteiger partial charge on any atom is 0.511 e. The standard InChI is InChI=1S/C33H38N8O13/c1-4-49-31-34-27-11-7-10-26(30(42)52-33(2,3)53-32(43)50-17-16-48-19-23(54-41(46)47)20-51-40(44)45)28(27)39(31)18-21-12-14-22(15-13-21)24-8-5-6-9-25(24)29-35-37-38-36-29/h5-15,23,44-47H,4,16-20H2,1-3H3,(H,35,36,37,38)/t23-/m1/s1. The van der Waals surface area contributed by atoms with E-state index >= 15 is 0 Å². The molecule has 0 aliphatic rings. The topological polar surface area (TPSA) is 258 Å². The fourth-order valence-electron chi connectivity index (χ4n) is 5.21. The highest BCUT2D eigenvalue weighted by molar-refractivity contribution is 6.02. The summed E-state index contributed by atoms with van der Waals surface area (Å²) in [6.45, 7) is 3.71. The number of benzene rings is 3. The number of aromatic nitrogens is 6. The third kappa shape index (κ3) is 10.7. The molecule has 0 radical (unpaired) electrons. The van der Waals surface area contributed by atoms with Gasteiger partial charge in [-0.05, 0) is 41.0 Å². The zero-order valence-electron chi connectivity index (χ0n) is 29.3. The van der Waals surface area contributed by atoms with Gasteiger partial charge in [-0.15, -0.1) is 10.2 Å². The van der Waals surface area contributed by atoms with E-state index in [1.807, 2.05) is 55.5 Å². The van der Waals surface area contributed by atoms with Gasteiger partial charge < -0.3 is 23.7 Å². The molecule has 5 N–H and O–H groups in total. The SMILES string of the molecule is CCOc1nc2cccc(C(=O)OC(C)(C)OC(=O)OCCOC[C@H](CON(O)O)ON(O)O)c2n1Cc1ccc(-c2ccccc2-c2nn[nH]n2)cc1. The number of hydrogen-bond donors (Lipinski definition) is 5. The van der Waals surface area contributed by atoms with Crippen LogP contribution >= 0.6 is 0 Å². The van der Waals surface area contributed by atoms with Crippen molar-refractivity contribution in [2.45, 2.75) is 39.2 Å². The number of nitrogens with one attached hydrogen (secondary N) is 1. The van der Waals surface area contributed by atoms with Gasteiger partial charge in [-0.3, -0.25) is 25.4 Å². The molecule has 0 saturated heterocycles. The number of esters is 1. The molecule has 2 heterocycles. The monoisotopic (exact) mass is 754 g/mol. The van der Waals surface area contributed by atoms with Gasteiger partial charge in [0.15, 0.2) is 0 Å². The Bertz CT molecular complexity index is 1970. The van der Waals surface area contributed by atoms with E-state index < -0.39 is 41.4 Å². The lowest BCUT2D eigenvalue weighted by Crippen LogP contribution is -2.35. The molecule has 0 spiro atoms. The lowest BCUT2D eigenvalue weighted by Gasteiger charge is -2.24. The van der Waals surface area contributed by atoms with Crippen molar-refractivity contribution in [3.05, 3.63) is 77.9 Å². The highest BCUT2D eigenvalue weighted by atomic mass is 17.1. The van der Waals surface area contributed by atoms with Gasteiger partial charge in [0.1, 0.15) is 19.3 Å². The molecule has 0 fully saturated rings. The van der Waals surface area contributed by atoms with Crippen molar-refractivity contribution in [2.24, 2.45) is 0 Å². The third-order valence-electron chi connectivity index (χ3n) is 7.38. The molecule has 1 atom stereocenters. The number of rotatable bonds is 19. The van der Waals surface area contributed by atoms with Crippen molar-refractivity contribution in [3.8, 4) is 28.5 Å². The van der Waals surface area contributed by atoms with E-state index in [1.165, 1.54) is 13.8 Å². The molecule has 0 saturated carbocycles. The maximum atomic E-state index is 13.6. The van der Waals surface area contributed by atoms with Crippen LogP contribution in [0.1, 0.15) is 36.7 Å². The molecule has 288 valence electrons. The molecule has 3 aromatic carbocycles. The number of tetrazole rings is 1. The van der Waals surface area contributed by atoms with E-state index in [0.717, 1.165) is 22.3 Å². The van der Waals surface area contributed by atoms with Gasteiger partial charge in [-0.2, -0.15) is 10.2 Å². The van der Waals surface area contributed by atoms with Crippen molar-refractivity contribution in [3.63, 3.8) is 0 Å². The number of carbonyl (C=O) groups is 2. The highest BCUT2D eigenvalue weighted by Crippen LogP contribution is 2.31. The van der Waals surface area contributed by atoms with Gasteiger partial charge in [0.05, 0.1) is 53.7 Å². The van der Waals surface area contributed by atoms with E-state index in [0.29, 0.717) is 29.5 Å². The van der Waals surface area contributed by atoms with Crippen LogP contribution in [0.4, 0.5) is 4.79 Å². The van der Waals surface area contributed by atoms with Crippen LogP contribution in [0.25, 0.3) is 33.5 Å². The Morgan fingerprint density at radius 1 is 0.907 bits per heavy atom. The largest absolute Gasteiger partial charge is 0.511 e. The first-order chi connectivity index (χ1) is 25.9. The van der Waals surface area contributed by atoms with Crippen LogP contribution in [-0.4, -0.2) is 119 Å². The summed E-state index contributed by atoms with van der Waals surface area (Å²) in [7, 11) is 0. The number of imidazole rings is 1. The molecule has 0 aliphatic heterocycles. The summed E-state index contributed by atoms with van der Waals surface area (Å²) in [5.74, 6) is -2.11. The number of carbonyl (C=O) groups excluding carboxylic acids is 2. The summed E-state index contributed by atoms with van der Waals surface area (Å²) in [6.07, 6.45) is -2.37. The lowest BCUT2D eigenvalue weighted by molar-refractivity contribution is -0.528. The molecule has 21 nitrogen and oxygen atoms in total. The predicted octanol–water partition coefficient (Wildman–Crippen LogP) is 3.79. The second kappa shape index (κ2) is 18.4. The van der Waals surface area contributed by atoms with Gasteiger partial charge >= 0.3 is 12.1 Å². The molecule has 21 heteroatoms. The molecule has 0 bridgehead atoms. The van der Waals surface area contributed by atoms with Crippen molar-refractivity contribution < 1.29 is 63.8 Å². The quantitative estimate of drug-likeness (QED) is 0.0348. The molecule has 0 unspecified atom stereocenters. The van der Waals surface area contributed by atoms with Crippen molar-refractivity contribution >= 4 is 23.2 Å². The van der Waals surface area contributed by atoms with Gasteiger partial charge in [0, 0.05) is 19.4 Å². The molecule has 54 heavy (non-hydrogen) atoms. The Labute approximate surface area is 306 Å². The van der Waals surface area contributed by atoms with Crippen LogP contribution in [0.15, 0.2) is 66.7 Å². The second-order valence-electron chi connectivity index (χ2n) is 11.7. The van der Waals surface area contributed by atoms with Crippen LogP contribution in [0, 0.1) is 0 Å². The van der Waals surface area contributed by atoms with Gasteiger partial charge in [-0.25, -0.2) is 19.3 Å². The maximum absolute atomic E-state index is 13.6. The summed E-state index contributed by atoms with van der Waals surface area (Å²) < 4.78 is 28.7. The van der Waals surface area contributed by atoms with E-state index in [2.05, 4.69) is 35.3 Å². The first-order valence-electron chi connectivity index (χ1n) is 16.3. The van der Waals surface area contributed by atoms with Crippen LogP contribution in [0.2, 0.25) is 0 Å². The zero-order chi connectivity index (χ0) is 38.7. The average Bonchev–Trinajstić information content (AvgIpc) is 3.79. The minimum Gasteiger partial charge on any atom is -0.465 e. The number of ether oxygens (including phenoxy) is 5. The number of para-hydroxylation sites is 1. The molecule has 5 aromatic rings. The Morgan fingerprint density at radius 2 is 1.67 bits per heavy atom. The normalized spacial score (nSPS) is 12.3. The second-order valence-corrected chi connectivity index (χ2v) is 11.7. The first-order valence-corrected chi connectivity index (χ1v) is 16.3. The Kier molecular flexibility index (Phi) is 13.5. The predicted molar refractivity (Wildman–Crippen MR) is 179 cm³/mol. The summed E-state index contributed by atoms with van der Waals surface area (Å²) in [6, 6.07) is 20.8. The van der Waals surface area contributed by atoms with Gasteiger partial charge in [0.2, 0.25) is 5.82 Å². The van der Waals surface area contributed by atoms with Gasteiger partial charge in [0.25, 0.3) is 11.8 Å². The van der Waals surface area contributed by atoms with Crippen molar-refractivity contribution in [1.29, 1.82) is 0 Å². The molecular formula is C33H38N8O13. The first kappa shape index (κ1) is 39.6. The number of H-pyrrole nitrogens is 1. The molecule has 0 amide bonds. The lowest BCUT2D eigenvalue weighted by atomic mass is 9.98. The smallest absolute Gasteiger partial charge is 0.465 e. The Hall–Kier alpha value is -5.62. The minimum absolute atomic E-state index is 0.144. The fraction of sp³-hybridized carbons (Fsp3) is 0.333. The van der Waals surface area contributed by atoms with Crippen LogP contribution in [0.5, 0.6) is 6.01 Å². The zero-order valence-corrected chi connectivity index (χ0v) is 29.3. The van der Waals surface area contributed by atoms with Crippen LogP contribution in [0.3, 0.4) is 0 Å². The van der Waals surface area contributed by atoms with Crippen LogP contribution < -0.4 is 4.74 Å². The highest BCUT2D eigenvalue weighted by Gasteiger charge is 2.31. The Balaban J connectivity index is 1.24. The minimum atomic E-state index is -1.78. The van der Waals surface area contributed by atoms with Crippen LogP contribution in [-0.2, 0) is 35.2 Å². The number of fused-ring (bicyclic) bond motifs is 1. The van der Waals surface area contributed by atoms with E-state index in [1.54, 1.807) is 22.8 Å². The Morgan fingerprint density at radius 3 is 2.35 bits per heavy atom. The van der Waals surface area contributed by atoms with Gasteiger partial charge in [-0.1, -0.05) is 54.6 Å². The van der Waals surface area contributed by atoms with Crippen molar-refractivity contribution in [2.75, 3.05) is 33.0 Å². The van der Waals surface area contributed by atoms with E-state index in [9.17, 15) is 9.59 Å². The molecule has 5 rings (SSSR count). The summed E-state index contributed by atoms with van der Waals surface area (Å²) in [5, 5.41) is 48.1. The summed E-state index contributed by atoms with van der Waals surface area (Å²) in [5.41, 5.74) is 4.62. The summed E-state index contributed by atoms with van der Waals surface area (Å²) >= 11 is 0. The number of hydrogen-bond acceptors (Lipinski definition) is 19. The molecular weight excluding hydrogens is 716 g/mol. The fourth-order valence-corrected chi connectivity index (χ4v) is 5.21. The van der Waals surface area contributed by atoms with Crippen molar-refractivity contribution in [1.82, 2.24) is 41.0 Å². The molecule has 0 aliphatic carbocycles. The van der Waals surface area contributed by atoms with E-state index in [-0.39, 0.29) is 31.9 Å². The average molecular weight is 755 g/mol. The number of aromatic amines is 1. The van der Waals surface area contributed by atoms with E-state index in [4.69, 9.17) is 44.5 Å². The number of nitrogens with zero attached hydrogens (tertiary/aromatic N) is 7. The molecule has 2 aromatic heterocycles. The summed E-state index contributed by atoms with van der Waals surface area (Å²) in [4.78, 5) is 39.5. The third-order valence-corrected chi connectivity index (χ3v) is 7.38.